The highest BCUT2D eigenvalue weighted by Crippen LogP contribution is 2.40. The highest BCUT2D eigenvalue weighted by Gasteiger charge is 2.47. The van der Waals surface area contributed by atoms with Gasteiger partial charge < -0.3 is 15.1 Å². The fourth-order valence-electron chi connectivity index (χ4n) is 3.21. The van der Waals surface area contributed by atoms with Crippen LogP contribution in [0.2, 0.25) is 0 Å². The van der Waals surface area contributed by atoms with Crippen LogP contribution in [-0.4, -0.2) is 44.2 Å². The number of hydrogen-bond acceptors (Lipinski definition) is 6. The average molecular weight is 396 g/mol. The van der Waals surface area contributed by atoms with Gasteiger partial charge in [0.25, 0.3) is 17.4 Å². The number of carboxylic acid groups (broad SMARTS) is 1. The number of hydrogen-bond donors (Lipinski definition) is 2. The predicted octanol–water partition coefficient (Wildman–Crippen LogP) is 2.41. The van der Waals surface area contributed by atoms with Crippen molar-refractivity contribution in [1.82, 2.24) is 4.90 Å². The summed E-state index contributed by atoms with van der Waals surface area (Å²) in [6.45, 7) is 1.03. The van der Waals surface area contributed by atoms with Crippen molar-refractivity contribution in [3.05, 3.63) is 80.9 Å². The van der Waals surface area contributed by atoms with E-state index in [2.05, 4.69) is 0 Å². The minimum atomic E-state index is -1.36. The zero-order chi connectivity index (χ0) is 21.3. The van der Waals surface area contributed by atoms with Gasteiger partial charge in [0.1, 0.15) is 12.3 Å². The number of carbonyl (C=O) groups is 3. The number of benzene rings is 2. The van der Waals surface area contributed by atoms with Gasteiger partial charge in [0.15, 0.2) is 0 Å². The largest absolute Gasteiger partial charge is 0.507 e. The third-order valence-corrected chi connectivity index (χ3v) is 4.57. The summed E-state index contributed by atoms with van der Waals surface area (Å²) in [6, 6.07) is 10.4. The monoisotopic (exact) mass is 396 g/mol. The number of carboxylic acids is 1. The Bertz CT molecular complexity index is 1060. The first kappa shape index (κ1) is 19.7. The second kappa shape index (κ2) is 7.55. The minimum absolute atomic E-state index is 0.147. The lowest BCUT2D eigenvalue weighted by Crippen LogP contribution is -2.34. The van der Waals surface area contributed by atoms with Gasteiger partial charge in [0, 0.05) is 17.7 Å². The molecule has 0 aliphatic carbocycles. The summed E-state index contributed by atoms with van der Waals surface area (Å²) < 4.78 is 0. The number of aliphatic hydroxyl groups is 1. The molecule has 2 N–H and O–H groups in total. The fourth-order valence-corrected chi connectivity index (χ4v) is 3.21. The third-order valence-electron chi connectivity index (χ3n) is 4.57. The maximum absolute atomic E-state index is 12.6. The van der Waals surface area contributed by atoms with Crippen LogP contribution in [0, 0.1) is 17.0 Å². The molecule has 1 fully saturated rings. The van der Waals surface area contributed by atoms with Gasteiger partial charge in [-0.15, -0.1) is 0 Å². The first-order chi connectivity index (χ1) is 13.7. The van der Waals surface area contributed by atoms with Gasteiger partial charge in [-0.2, -0.15) is 0 Å². The molecule has 0 aromatic heterocycles. The lowest BCUT2D eigenvalue weighted by atomic mass is 9.95. The van der Waals surface area contributed by atoms with Crippen LogP contribution in [0.25, 0.3) is 5.76 Å². The summed E-state index contributed by atoms with van der Waals surface area (Å²) in [6.07, 6.45) is 0. The van der Waals surface area contributed by atoms with Crippen LogP contribution in [-0.2, 0) is 14.4 Å². The summed E-state index contributed by atoms with van der Waals surface area (Å²) >= 11 is 0. The van der Waals surface area contributed by atoms with Crippen LogP contribution >= 0.6 is 0 Å². The molecule has 2 aromatic carbocycles. The van der Waals surface area contributed by atoms with E-state index in [1.54, 1.807) is 24.3 Å². The average Bonchev–Trinajstić information content (AvgIpc) is 2.92. The smallest absolute Gasteiger partial charge is 0.323 e. The van der Waals surface area contributed by atoms with Crippen LogP contribution in [0.3, 0.4) is 0 Å². The number of non-ortho nitro benzene ring substituents is 1. The van der Waals surface area contributed by atoms with E-state index in [0.717, 1.165) is 16.5 Å². The zero-order valence-electron chi connectivity index (χ0n) is 15.2. The van der Waals surface area contributed by atoms with Crippen molar-refractivity contribution in [2.45, 2.75) is 13.0 Å². The number of nitro groups is 1. The van der Waals surface area contributed by atoms with Crippen molar-refractivity contribution in [2.75, 3.05) is 6.54 Å². The van der Waals surface area contributed by atoms with E-state index in [-0.39, 0.29) is 22.4 Å². The van der Waals surface area contributed by atoms with Crippen LogP contribution < -0.4 is 0 Å². The van der Waals surface area contributed by atoms with E-state index in [0.29, 0.717) is 0 Å². The molecule has 1 aliphatic rings. The maximum Gasteiger partial charge on any atom is 0.323 e. The molecule has 1 amide bonds. The van der Waals surface area contributed by atoms with Crippen molar-refractivity contribution in [1.29, 1.82) is 0 Å². The Morgan fingerprint density at radius 3 is 2.38 bits per heavy atom. The summed E-state index contributed by atoms with van der Waals surface area (Å²) in [5.41, 5.74) is 0.704. The SMILES string of the molecule is Cc1ccc(C(O)=C2C(=O)C(=O)N(CC(=O)O)C2c2cccc([N+](=O)[O-])c2)cc1. The molecule has 0 radical (unpaired) electrons. The van der Waals surface area contributed by atoms with Gasteiger partial charge in [-0.05, 0) is 12.5 Å². The number of rotatable bonds is 5. The van der Waals surface area contributed by atoms with E-state index < -0.39 is 40.9 Å². The molecule has 0 saturated carbocycles. The van der Waals surface area contributed by atoms with Crippen molar-refractivity contribution in [2.24, 2.45) is 0 Å². The Morgan fingerprint density at radius 2 is 1.79 bits per heavy atom. The Balaban J connectivity index is 2.22. The number of aliphatic hydroxyl groups excluding tert-OH is 1. The van der Waals surface area contributed by atoms with Gasteiger partial charge in [0.2, 0.25) is 0 Å². The third kappa shape index (κ3) is 3.70. The Kier molecular flexibility index (Phi) is 5.14. The number of nitro benzene ring substituents is 1. The molecule has 1 aliphatic heterocycles. The van der Waals surface area contributed by atoms with E-state index in [1.165, 1.54) is 18.2 Å². The van der Waals surface area contributed by atoms with Crippen LogP contribution in [0.15, 0.2) is 54.1 Å². The molecule has 0 spiro atoms. The second-order valence-corrected chi connectivity index (χ2v) is 6.54. The van der Waals surface area contributed by atoms with Gasteiger partial charge in [-0.3, -0.25) is 24.5 Å². The van der Waals surface area contributed by atoms with E-state index >= 15 is 0 Å². The lowest BCUT2D eigenvalue weighted by Gasteiger charge is -2.23. The number of amides is 1. The topological polar surface area (TPSA) is 138 Å². The normalized spacial score (nSPS) is 18.1. The fraction of sp³-hybridized carbons (Fsp3) is 0.150. The Morgan fingerprint density at radius 1 is 1.14 bits per heavy atom. The first-order valence-electron chi connectivity index (χ1n) is 8.52. The Hall–Kier alpha value is -4.01. The quantitative estimate of drug-likeness (QED) is 0.260. The van der Waals surface area contributed by atoms with Crippen LogP contribution in [0.1, 0.15) is 22.7 Å². The number of nitrogens with zero attached hydrogens (tertiary/aromatic N) is 2. The molecule has 3 rings (SSSR count). The second-order valence-electron chi connectivity index (χ2n) is 6.54. The van der Waals surface area contributed by atoms with E-state index in [1.807, 2.05) is 6.92 Å². The molecule has 148 valence electrons. The molecule has 2 aromatic rings. The number of Topliss-reactive ketones (excluding diaryl/α,β-unsaturated/α-hetero) is 1. The van der Waals surface area contributed by atoms with Gasteiger partial charge >= 0.3 is 5.97 Å². The lowest BCUT2D eigenvalue weighted by molar-refractivity contribution is -0.384. The summed E-state index contributed by atoms with van der Waals surface area (Å²) in [5.74, 6) is -4.00. The standard InChI is InChI=1S/C20H16N2O7/c1-11-5-7-12(8-6-11)18(25)16-17(13-3-2-4-14(9-13)22(28)29)21(10-15(23)24)20(27)19(16)26/h2-9,17,25H,10H2,1H3,(H,23,24). The zero-order valence-corrected chi connectivity index (χ0v) is 15.2. The molecular weight excluding hydrogens is 380 g/mol. The van der Waals surface area contributed by atoms with E-state index in [9.17, 15) is 29.6 Å². The molecule has 1 heterocycles. The number of aliphatic carboxylic acids is 1. The molecular formula is C20H16N2O7. The van der Waals surface area contributed by atoms with Gasteiger partial charge in [-0.25, -0.2) is 0 Å². The highest BCUT2D eigenvalue weighted by atomic mass is 16.6. The molecule has 0 bridgehead atoms. The molecule has 9 nitrogen and oxygen atoms in total. The number of carbonyl (C=O) groups excluding carboxylic acids is 2. The summed E-state index contributed by atoms with van der Waals surface area (Å²) in [5, 5.41) is 31.1. The van der Waals surface area contributed by atoms with Crippen LogP contribution in [0.4, 0.5) is 5.69 Å². The van der Waals surface area contributed by atoms with Gasteiger partial charge in [0.05, 0.1) is 16.5 Å². The van der Waals surface area contributed by atoms with Crippen molar-refractivity contribution in [3.63, 3.8) is 0 Å². The van der Waals surface area contributed by atoms with Crippen LogP contribution in [0.5, 0.6) is 0 Å². The number of aryl methyl sites for hydroxylation is 1. The first-order valence-corrected chi connectivity index (χ1v) is 8.52. The summed E-state index contributed by atoms with van der Waals surface area (Å²) in [4.78, 5) is 47.6. The predicted molar refractivity (Wildman–Crippen MR) is 101 cm³/mol. The van der Waals surface area contributed by atoms with Crippen molar-refractivity contribution in [3.8, 4) is 0 Å². The molecule has 1 saturated heterocycles. The van der Waals surface area contributed by atoms with Crippen molar-refractivity contribution < 1.29 is 29.5 Å². The van der Waals surface area contributed by atoms with E-state index in [4.69, 9.17) is 5.11 Å². The van der Waals surface area contributed by atoms with Gasteiger partial charge in [-0.1, -0.05) is 42.0 Å². The molecule has 1 atom stereocenters. The molecule has 1 unspecified atom stereocenters. The number of likely N-dealkylation sites (tertiary alicyclic amines) is 1. The van der Waals surface area contributed by atoms with Crippen molar-refractivity contribution >= 4 is 29.1 Å². The maximum atomic E-state index is 12.6. The highest BCUT2D eigenvalue weighted by molar-refractivity contribution is 6.46. The molecule has 29 heavy (non-hydrogen) atoms. The molecule has 9 heteroatoms. The summed E-state index contributed by atoms with van der Waals surface area (Å²) in [7, 11) is 0. The Labute approximate surface area is 164 Å². The minimum Gasteiger partial charge on any atom is -0.507 e. The number of ketones is 1.